The Kier molecular flexibility index (Phi) is 4.17. The fourth-order valence-corrected chi connectivity index (χ4v) is 4.32. The molecule has 2 rings (SSSR count). The molecular formula is C15H20N2O2S. The first kappa shape index (κ1) is 15.0. The van der Waals surface area contributed by atoms with Gasteiger partial charge < -0.3 is 5.73 Å². The first-order valence-corrected chi connectivity index (χ1v) is 8.49. The Bertz CT molecular complexity index is 606. The summed E-state index contributed by atoms with van der Waals surface area (Å²) >= 11 is 0. The van der Waals surface area contributed by atoms with Gasteiger partial charge in [-0.25, -0.2) is 8.42 Å². The molecule has 1 aliphatic carbocycles. The molecule has 4 nitrogen and oxygen atoms in total. The number of sulfone groups is 1. The molecule has 1 fully saturated rings. The van der Waals surface area contributed by atoms with Gasteiger partial charge in [-0.1, -0.05) is 17.7 Å². The average Bonchev–Trinajstić information content (AvgIpc) is 2.42. The van der Waals surface area contributed by atoms with Crippen LogP contribution in [-0.2, 0) is 9.84 Å². The molecule has 0 bridgehead atoms. The van der Waals surface area contributed by atoms with Gasteiger partial charge in [-0.05, 0) is 50.7 Å². The van der Waals surface area contributed by atoms with E-state index in [0.717, 1.165) is 5.56 Å². The summed E-state index contributed by atoms with van der Waals surface area (Å²) < 4.78 is 24.7. The van der Waals surface area contributed by atoms with E-state index < -0.39 is 15.4 Å². The molecule has 0 unspecified atom stereocenters. The molecule has 0 aliphatic heterocycles. The fourth-order valence-electron chi connectivity index (χ4n) is 2.62. The topological polar surface area (TPSA) is 83.9 Å². The van der Waals surface area contributed by atoms with Crippen LogP contribution >= 0.6 is 0 Å². The SMILES string of the molecule is Cc1ccc(S(=O)(=O)CC2CCC(N)(C#N)CC2)cc1. The number of hydrogen-bond donors (Lipinski definition) is 1. The van der Waals surface area contributed by atoms with Crippen molar-refractivity contribution in [2.75, 3.05) is 5.75 Å². The van der Waals surface area contributed by atoms with Crippen molar-refractivity contribution in [2.24, 2.45) is 11.7 Å². The Hall–Kier alpha value is -1.38. The molecule has 5 heteroatoms. The van der Waals surface area contributed by atoms with Gasteiger partial charge in [0.05, 0.1) is 16.7 Å². The standard InChI is InChI=1S/C15H20N2O2S/c1-12-2-4-14(5-3-12)20(18,19)10-13-6-8-15(17,11-16)9-7-13/h2-5,13H,6-10,17H2,1H3. The number of aryl methyl sites for hydroxylation is 1. The fraction of sp³-hybridized carbons (Fsp3) is 0.533. The van der Waals surface area contributed by atoms with Gasteiger partial charge in [-0.2, -0.15) is 5.26 Å². The van der Waals surface area contributed by atoms with Crippen molar-refractivity contribution in [1.82, 2.24) is 0 Å². The van der Waals surface area contributed by atoms with E-state index in [2.05, 4.69) is 6.07 Å². The van der Waals surface area contributed by atoms with E-state index in [1.807, 2.05) is 19.1 Å². The minimum absolute atomic E-state index is 0.103. The molecule has 0 saturated heterocycles. The van der Waals surface area contributed by atoms with Crippen molar-refractivity contribution in [3.63, 3.8) is 0 Å². The molecule has 2 N–H and O–H groups in total. The zero-order valence-electron chi connectivity index (χ0n) is 11.7. The number of rotatable bonds is 3. The van der Waals surface area contributed by atoms with Crippen molar-refractivity contribution in [3.8, 4) is 6.07 Å². The van der Waals surface area contributed by atoms with Crippen LogP contribution < -0.4 is 5.73 Å². The minimum Gasteiger partial charge on any atom is -0.313 e. The zero-order valence-corrected chi connectivity index (χ0v) is 12.5. The van der Waals surface area contributed by atoms with E-state index in [9.17, 15) is 8.42 Å². The Morgan fingerprint density at radius 1 is 1.30 bits per heavy atom. The van der Waals surface area contributed by atoms with Gasteiger partial charge in [0, 0.05) is 0 Å². The maximum absolute atomic E-state index is 12.3. The summed E-state index contributed by atoms with van der Waals surface area (Å²) in [5, 5.41) is 8.98. The highest BCUT2D eigenvalue weighted by Crippen LogP contribution is 2.31. The Morgan fingerprint density at radius 3 is 2.35 bits per heavy atom. The largest absolute Gasteiger partial charge is 0.313 e. The third kappa shape index (κ3) is 3.38. The van der Waals surface area contributed by atoms with Crippen molar-refractivity contribution in [3.05, 3.63) is 29.8 Å². The molecule has 0 amide bonds. The lowest BCUT2D eigenvalue weighted by Gasteiger charge is -2.31. The predicted molar refractivity (Wildman–Crippen MR) is 77.7 cm³/mol. The molecule has 0 spiro atoms. The van der Waals surface area contributed by atoms with E-state index in [4.69, 9.17) is 11.0 Å². The highest BCUT2D eigenvalue weighted by molar-refractivity contribution is 7.91. The number of nitrogens with zero attached hydrogens (tertiary/aromatic N) is 1. The quantitative estimate of drug-likeness (QED) is 0.925. The van der Waals surface area contributed by atoms with Crippen LogP contribution in [0, 0.1) is 24.2 Å². The first-order valence-electron chi connectivity index (χ1n) is 6.84. The molecule has 0 radical (unpaired) electrons. The number of nitrogens with two attached hydrogens (primary N) is 1. The molecule has 0 atom stereocenters. The minimum atomic E-state index is -3.24. The number of hydrogen-bond acceptors (Lipinski definition) is 4. The van der Waals surface area contributed by atoms with E-state index in [1.165, 1.54) is 0 Å². The molecule has 1 saturated carbocycles. The summed E-state index contributed by atoms with van der Waals surface area (Å²) in [7, 11) is -3.24. The molecule has 0 heterocycles. The van der Waals surface area contributed by atoms with Crippen LogP contribution in [0.15, 0.2) is 29.2 Å². The highest BCUT2D eigenvalue weighted by atomic mass is 32.2. The van der Waals surface area contributed by atoms with E-state index in [0.29, 0.717) is 30.6 Å². The molecule has 20 heavy (non-hydrogen) atoms. The summed E-state index contributed by atoms with van der Waals surface area (Å²) in [6.07, 6.45) is 2.57. The summed E-state index contributed by atoms with van der Waals surface area (Å²) in [5.74, 6) is 0.253. The van der Waals surface area contributed by atoms with Crippen molar-refractivity contribution in [1.29, 1.82) is 5.26 Å². The second-order valence-corrected chi connectivity index (χ2v) is 7.84. The summed E-state index contributed by atoms with van der Waals surface area (Å²) in [5.41, 5.74) is 6.19. The van der Waals surface area contributed by atoms with Gasteiger partial charge in [0.25, 0.3) is 0 Å². The lowest BCUT2D eigenvalue weighted by molar-refractivity contribution is 0.298. The summed E-state index contributed by atoms with van der Waals surface area (Å²) in [6, 6.07) is 9.08. The number of nitriles is 1. The van der Waals surface area contributed by atoms with Gasteiger partial charge in [0.2, 0.25) is 0 Å². The smallest absolute Gasteiger partial charge is 0.178 e. The molecule has 0 aromatic heterocycles. The van der Waals surface area contributed by atoms with Gasteiger partial charge in [0.15, 0.2) is 9.84 Å². The van der Waals surface area contributed by atoms with Crippen LogP contribution in [0.25, 0.3) is 0 Å². The van der Waals surface area contributed by atoms with Crippen LogP contribution in [0.4, 0.5) is 0 Å². The monoisotopic (exact) mass is 292 g/mol. The maximum Gasteiger partial charge on any atom is 0.178 e. The molecule has 1 aromatic carbocycles. The normalized spacial score (nSPS) is 26.9. The third-order valence-corrected chi connectivity index (χ3v) is 5.96. The number of benzene rings is 1. The third-order valence-electron chi connectivity index (χ3n) is 4.06. The lowest BCUT2D eigenvalue weighted by atomic mass is 9.79. The van der Waals surface area contributed by atoms with Crippen LogP contribution in [0.1, 0.15) is 31.2 Å². The molecular weight excluding hydrogens is 272 g/mol. The Morgan fingerprint density at radius 2 is 1.85 bits per heavy atom. The van der Waals surface area contributed by atoms with Crippen LogP contribution in [0.3, 0.4) is 0 Å². The van der Waals surface area contributed by atoms with Gasteiger partial charge >= 0.3 is 0 Å². The maximum atomic E-state index is 12.3. The van der Waals surface area contributed by atoms with Crippen molar-refractivity contribution < 1.29 is 8.42 Å². The average molecular weight is 292 g/mol. The van der Waals surface area contributed by atoms with Crippen molar-refractivity contribution in [2.45, 2.75) is 43.0 Å². The van der Waals surface area contributed by atoms with E-state index in [-0.39, 0.29) is 11.7 Å². The van der Waals surface area contributed by atoms with Gasteiger partial charge in [-0.3, -0.25) is 0 Å². The summed E-state index contributed by atoms with van der Waals surface area (Å²) in [6.45, 7) is 1.93. The molecule has 1 aromatic rings. The van der Waals surface area contributed by atoms with E-state index >= 15 is 0 Å². The van der Waals surface area contributed by atoms with Crippen LogP contribution in [0.2, 0.25) is 0 Å². The van der Waals surface area contributed by atoms with Crippen LogP contribution in [0.5, 0.6) is 0 Å². The van der Waals surface area contributed by atoms with E-state index in [1.54, 1.807) is 12.1 Å². The Balaban J connectivity index is 2.04. The lowest BCUT2D eigenvalue weighted by Crippen LogP contribution is -2.42. The van der Waals surface area contributed by atoms with Gasteiger partial charge in [0.1, 0.15) is 5.54 Å². The second-order valence-electron chi connectivity index (χ2n) is 5.81. The zero-order chi connectivity index (χ0) is 14.8. The molecule has 108 valence electrons. The summed E-state index contributed by atoms with van der Waals surface area (Å²) in [4.78, 5) is 0.382. The Labute approximate surface area is 120 Å². The van der Waals surface area contributed by atoms with Crippen LogP contribution in [-0.4, -0.2) is 19.7 Å². The highest BCUT2D eigenvalue weighted by Gasteiger charge is 2.33. The molecule has 1 aliphatic rings. The van der Waals surface area contributed by atoms with Gasteiger partial charge in [-0.15, -0.1) is 0 Å². The van der Waals surface area contributed by atoms with Crippen molar-refractivity contribution >= 4 is 9.84 Å². The first-order chi connectivity index (χ1) is 9.35. The second kappa shape index (κ2) is 5.55. The predicted octanol–water partition coefficient (Wildman–Crippen LogP) is 2.18.